The molecule has 1 atom stereocenters. The SMILES string of the molecule is O=[N+]([O-])c1cccc(OCC(O)CN(Cc2ccccn2)C2CC2)c1. The molecule has 0 saturated heterocycles. The number of non-ortho nitro benzene ring substituents is 1. The topological polar surface area (TPSA) is 88.7 Å². The van der Waals surface area contributed by atoms with Crippen LogP contribution in [0.5, 0.6) is 5.75 Å². The van der Waals surface area contributed by atoms with E-state index >= 15 is 0 Å². The number of aliphatic hydroxyl groups excluding tert-OH is 1. The summed E-state index contributed by atoms with van der Waals surface area (Å²) in [5, 5.41) is 21.1. The Bertz CT molecular complexity index is 706. The van der Waals surface area contributed by atoms with E-state index < -0.39 is 11.0 Å². The zero-order chi connectivity index (χ0) is 17.6. The van der Waals surface area contributed by atoms with E-state index in [0.29, 0.717) is 24.9 Å². The first-order valence-corrected chi connectivity index (χ1v) is 8.31. The van der Waals surface area contributed by atoms with Crippen LogP contribution in [0.2, 0.25) is 0 Å². The maximum atomic E-state index is 10.8. The lowest BCUT2D eigenvalue weighted by atomic mass is 10.2. The van der Waals surface area contributed by atoms with Gasteiger partial charge in [-0.2, -0.15) is 0 Å². The first kappa shape index (κ1) is 17.3. The van der Waals surface area contributed by atoms with Crippen molar-refractivity contribution < 1.29 is 14.8 Å². The van der Waals surface area contributed by atoms with Gasteiger partial charge in [-0.1, -0.05) is 12.1 Å². The Labute approximate surface area is 146 Å². The Morgan fingerprint density at radius 2 is 2.16 bits per heavy atom. The number of nitro groups is 1. The summed E-state index contributed by atoms with van der Waals surface area (Å²) in [4.78, 5) is 16.9. The highest BCUT2D eigenvalue weighted by molar-refractivity contribution is 5.37. The maximum absolute atomic E-state index is 10.8. The fourth-order valence-corrected chi connectivity index (χ4v) is 2.68. The molecule has 1 saturated carbocycles. The minimum atomic E-state index is -0.677. The molecular weight excluding hydrogens is 322 g/mol. The van der Waals surface area contributed by atoms with Gasteiger partial charge in [-0.05, 0) is 31.0 Å². The molecular formula is C18H21N3O4. The second-order valence-corrected chi connectivity index (χ2v) is 6.20. The highest BCUT2D eigenvalue weighted by atomic mass is 16.6. The van der Waals surface area contributed by atoms with Crippen LogP contribution in [0.3, 0.4) is 0 Å². The van der Waals surface area contributed by atoms with Gasteiger partial charge in [0.1, 0.15) is 18.5 Å². The summed E-state index contributed by atoms with van der Waals surface area (Å²) in [5.74, 6) is 0.385. The fourth-order valence-electron chi connectivity index (χ4n) is 2.68. The molecule has 1 aliphatic carbocycles. The number of hydrogen-bond acceptors (Lipinski definition) is 6. The van der Waals surface area contributed by atoms with Crippen LogP contribution >= 0.6 is 0 Å². The van der Waals surface area contributed by atoms with Crippen LogP contribution in [0.15, 0.2) is 48.7 Å². The molecule has 1 unspecified atom stereocenters. The maximum Gasteiger partial charge on any atom is 0.273 e. The predicted molar refractivity (Wildman–Crippen MR) is 92.3 cm³/mol. The molecule has 2 aromatic rings. The van der Waals surface area contributed by atoms with E-state index in [1.165, 1.54) is 12.1 Å². The zero-order valence-corrected chi connectivity index (χ0v) is 13.8. The Balaban J connectivity index is 1.52. The minimum absolute atomic E-state index is 0.0262. The van der Waals surface area contributed by atoms with Crippen LogP contribution < -0.4 is 4.74 Å². The molecule has 132 valence electrons. The zero-order valence-electron chi connectivity index (χ0n) is 13.8. The van der Waals surface area contributed by atoms with Gasteiger partial charge in [0, 0.05) is 31.4 Å². The normalized spacial score (nSPS) is 15.1. The standard InChI is InChI=1S/C18H21N3O4/c22-17(13-25-18-6-3-5-16(10-18)21(23)24)12-20(15-7-8-15)11-14-4-1-2-9-19-14/h1-6,9-10,15,17,22H,7-8,11-13H2. The highest BCUT2D eigenvalue weighted by Gasteiger charge is 2.30. The van der Waals surface area contributed by atoms with E-state index in [1.807, 2.05) is 18.2 Å². The van der Waals surface area contributed by atoms with Crippen molar-refractivity contribution in [3.8, 4) is 5.75 Å². The van der Waals surface area contributed by atoms with Crippen molar-refractivity contribution in [2.75, 3.05) is 13.2 Å². The number of hydrogen-bond donors (Lipinski definition) is 1. The molecule has 0 bridgehead atoms. The van der Waals surface area contributed by atoms with Gasteiger partial charge < -0.3 is 9.84 Å². The van der Waals surface area contributed by atoms with Crippen molar-refractivity contribution >= 4 is 5.69 Å². The molecule has 1 aromatic heterocycles. The van der Waals surface area contributed by atoms with Gasteiger partial charge in [0.25, 0.3) is 5.69 Å². The molecule has 1 fully saturated rings. The molecule has 3 rings (SSSR count). The molecule has 1 aromatic carbocycles. The van der Waals surface area contributed by atoms with Gasteiger partial charge in [-0.3, -0.25) is 20.0 Å². The minimum Gasteiger partial charge on any atom is -0.491 e. The van der Waals surface area contributed by atoms with Gasteiger partial charge in [-0.25, -0.2) is 0 Å². The third-order valence-electron chi connectivity index (χ3n) is 4.07. The lowest BCUT2D eigenvalue weighted by molar-refractivity contribution is -0.384. The largest absolute Gasteiger partial charge is 0.491 e. The van der Waals surface area contributed by atoms with Gasteiger partial charge in [0.05, 0.1) is 16.7 Å². The summed E-state index contributed by atoms with van der Waals surface area (Å²) in [5.41, 5.74) is 0.947. The molecule has 0 amide bonds. The summed E-state index contributed by atoms with van der Waals surface area (Å²) in [6.45, 7) is 1.27. The van der Waals surface area contributed by atoms with Crippen LogP contribution in [-0.4, -0.2) is 45.2 Å². The van der Waals surface area contributed by atoms with E-state index in [1.54, 1.807) is 18.3 Å². The summed E-state index contributed by atoms with van der Waals surface area (Å²) < 4.78 is 5.51. The molecule has 1 heterocycles. The molecule has 0 radical (unpaired) electrons. The summed E-state index contributed by atoms with van der Waals surface area (Å²) in [6.07, 6.45) is 3.35. The van der Waals surface area contributed by atoms with Crippen LogP contribution in [0.25, 0.3) is 0 Å². The molecule has 1 N–H and O–H groups in total. The monoisotopic (exact) mass is 343 g/mol. The number of rotatable bonds is 9. The summed E-state index contributed by atoms with van der Waals surface area (Å²) in [7, 11) is 0. The van der Waals surface area contributed by atoms with Crippen molar-refractivity contribution in [3.05, 3.63) is 64.5 Å². The van der Waals surface area contributed by atoms with E-state index in [4.69, 9.17) is 4.74 Å². The highest BCUT2D eigenvalue weighted by Crippen LogP contribution is 2.28. The molecule has 0 aliphatic heterocycles. The smallest absolute Gasteiger partial charge is 0.273 e. The van der Waals surface area contributed by atoms with E-state index in [2.05, 4.69) is 9.88 Å². The van der Waals surface area contributed by atoms with E-state index in [0.717, 1.165) is 18.5 Å². The lowest BCUT2D eigenvalue weighted by Gasteiger charge is -2.24. The lowest BCUT2D eigenvalue weighted by Crippen LogP contribution is -2.36. The van der Waals surface area contributed by atoms with Gasteiger partial charge in [0.15, 0.2) is 0 Å². The molecule has 25 heavy (non-hydrogen) atoms. The van der Waals surface area contributed by atoms with Crippen molar-refractivity contribution in [1.82, 2.24) is 9.88 Å². The van der Waals surface area contributed by atoms with Crippen LogP contribution in [0.1, 0.15) is 18.5 Å². The van der Waals surface area contributed by atoms with Crippen LogP contribution in [0.4, 0.5) is 5.69 Å². The first-order valence-electron chi connectivity index (χ1n) is 8.31. The number of aromatic nitrogens is 1. The number of nitrogens with zero attached hydrogens (tertiary/aromatic N) is 3. The fraction of sp³-hybridized carbons (Fsp3) is 0.389. The van der Waals surface area contributed by atoms with Crippen molar-refractivity contribution in [3.63, 3.8) is 0 Å². The average molecular weight is 343 g/mol. The summed E-state index contributed by atoms with van der Waals surface area (Å²) >= 11 is 0. The average Bonchev–Trinajstić information content (AvgIpc) is 3.46. The Kier molecular flexibility index (Phi) is 5.57. The second kappa shape index (κ2) is 8.04. The van der Waals surface area contributed by atoms with Gasteiger partial charge in [-0.15, -0.1) is 0 Å². The summed E-state index contributed by atoms with van der Waals surface area (Å²) in [6, 6.07) is 12.3. The first-order chi connectivity index (χ1) is 12.1. The Morgan fingerprint density at radius 3 is 2.84 bits per heavy atom. The second-order valence-electron chi connectivity index (χ2n) is 6.20. The van der Waals surface area contributed by atoms with Crippen LogP contribution in [-0.2, 0) is 6.54 Å². The molecule has 0 spiro atoms. The molecule has 7 heteroatoms. The number of aliphatic hydroxyl groups is 1. The van der Waals surface area contributed by atoms with E-state index in [-0.39, 0.29) is 12.3 Å². The quantitative estimate of drug-likeness (QED) is 0.555. The van der Waals surface area contributed by atoms with Crippen LogP contribution in [0, 0.1) is 10.1 Å². The Hall–Kier alpha value is -2.51. The predicted octanol–water partition coefficient (Wildman–Crippen LogP) is 2.39. The Morgan fingerprint density at radius 1 is 1.32 bits per heavy atom. The number of nitro benzene ring substituents is 1. The molecule has 7 nitrogen and oxygen atoms in total. The third-order valence-corrected chi connectivity index (χ3v) is 4.07. The van der Waals surface area contributed by atoms with E-state index in [9.17, 15) is 15.2 Å². The van der Waals surface area contributed by atoms with Crippen molar-refractivity contribution in [2.45, 2.75) is 31.5 Å². The third kappa shape index (κ3) is 5.23. The number of benzene rings is 1. The van der Waals surface area contributed by atoms with Crippen molar-refractivity contribution in [1.29, 1.82) is 0 Å². The van der Waals surface area contributed by atoms with Gasteiger partial charge in [0.2, 0.25) is 0 Å². The molecule has 1 aliphatic rings. The van der Waals surface area contributed by atoms with Crippen molar-refractivity contribution in [2.24, 2.45) is 0 Å². The number of ether oxygens (including phenoxy) is 1. The van der Waals surface area contributed by atoms with Gasteiger partial charge >= 0.3 is 0 Å². The number of pyridine rings is 1.